The molecule has 16 atom stereocenters. The first-order valence-corrected chi connectivity index (χ1v) is 14.7. The van der Waals surface area contributed by atoms with Gasteiger partial charge in [-0.2, -0.15) is 0 Å². The predicted molar refractivity (Wildman–Crippen MR) is 125 cm³/mol. The first-order valence-electron chi connectivity index (χ1n) is 13.1. The Labute approximate surface area is 180 Å². The highest BCUT2D eigenvalue weighted by atomic mass is 32.0. The van der Waals surface area contributed by atoms with Crippen LogP contribution < -0.4 is 0 Å². The lowest BCUT2D eigenvalue weighted by Crippen LogP contribution is -2.32. The van der Waals surface area contributed by atoms with Crippen molar-refractivity contribution < 1.29 is 6.11 Å². The zero-order valence-electron chi connectivity index (χ0n) is 20.2. The predicted octanol–water partition coefficient (Wildman–Crippen LogP) is 6.50. The van der Waals surface area contributed by atoms with Gasteiger partial charge in [-0.15, -0.1) is 17.1 Å². The van der Waals surface area contributed by atoms with Crippen molar-refractivity contribution in [2.24, 2.45) is 71.0 Å². The largest absolute Gasteiger partial charge is 0.369 e. The molecule has 158 valence electrons. The second-order valence-electron chi connectivity index (χ2n) is 11.3. The first-order chi connectivity index (χ1) is 14.3. The van der Waals surface area contributed by atoms with Gasteiger partial charge in [-0.25, -0.2) is 0 Å². The second-order valence-corrected chi connectivity index (χ2v) is 12.7. The van der Waals surface area contributed by atoms with Crippen LogP contribution in [0.15, 0.2) is 12.2 Å². The van der Waals surface area contributed by atoms with Crippen LogP contribution in [0.1, 0.15) is 54.7 Å². The Kier molecular flexibility index (Phi) is 4.93. The van der Waals surface area contributed by atoms with Crippen LogP contribution in [0.25, 0.3) is 0 Å². The van der Waals surface area contributed by atoms with Gasteiger partial charge in [0.1, 0.15) is 0 Å². The van der Waals surface area contributed by atoms with Crippen LogP contribution in [0.2, 0.25) is 0 Å². The maximum absolute atomic E-state index is 6.67. The van der Waals surface area contributed by atoms with E-state index in [1.54, 1.807) is 6.42 Å². The molecule has 7 aliphatic rings. The quantitative estimate of drug-likeness (QED) is 0.247. The van der Waals surface area contributed by atoms with E-state index in [0.29, 0.717) is 6.10 Å². The normalized spacial score (nSPS) is 62.6. The van der Waals surface area contributed by atoms with E-state index >= 15 is 0 Å². The minimum Gasteiger partial charge on any atom is -0.369 e. The van der Waals surface area contributed by atoms with Gasteiger partial charge in [0, 0.05) is 1.37 Å². The van der Waals surface area contributed by atoms with Crippen LogP contribution in [0.4, 0.5) is 0 Å². The molecular formula is C25H42OP2. The summed E-state index contributed by atoms with van der Waals surface area (Å²) in [4.78, 5) is 0. The van der Waals surface area contributed by atoms with E-state index in [0.717, 1.165) is 77.1 Å². The van der Waals surface area contributed by atoms with Crippen molar-refractivity contribution in [1.29, 1.82) is 1.28 Å². The molecule has 6 aliphatic carbocycles. The lowest BCUT2D eigenvalue weighted by Gasteiger charge is -2.35. The van der Waals surface area contributed by atoms with Crippen LogP contribution >= 0.6 is 17.1 Å². The number of fused-ring (bicyclic) bond motifs is 12. The third kappa shape index (κ3) is 2.96. The Morgan fingerprint density at radius 2 is 1.50 bits per heavy atom. The summed E-state index contributed by atoms with van der Waals surface area (Å²) < 4.78 is 18.8. The summed E-state index contributed by atoms with van der Waals surface area (Å²) in [5, 5.41) is 0. The molecule has 0 aromatic heterocycles. The summed E-state index contributed by atoms with van der Waals surface area (Å²) in [7, 11) is 1.51. The Bertz CT molecular complexity index is 672. The first kappa shape index (κ1) is 18.2. The molecule has 1 heterocycles. The molecule has 16 unspecified atom stereocenters. The van der Waals surface area contributed by atoms with Crippen LogP contribution in [-0.4, -0.2) is 20.1 Å². The van der Waals surface area contributed by atoms with Crippen molar-refractivity contribution in [1.82, 2.24) is 0 Å². The van der Waals surface area contributed by atoms with Crippen molar-refractivity contribution in [3.63, 3.8) is 0 Å². The summed E-state index contributed by atoms with van der Waals surface area (Å²) in [5.74, 6) is 12.3. The highest BCUT2D eigenvalue weighted by molar-refractivity contribution is 8.02. The van der Waals surface area contributed by atoms with Gasteiger partial charge in [0.2, 0.25) is 0 Å². The molecule has 0 aromatic carbocycles. The topological polar surface area (TPSA) is 12.5 Å². The highest BCUT2D eigenvalue weighted by Gasteiger charge is 2.67. The smallest absolute Gasteiger partial charge is 0.0875 e. The number of hydrogen-bond acceptors (Lipinski definition) is 1. The zero-order chi connectivity index (χ0) is 21.3. The van der Waals surface area contributed by atoms with Crippen molar-refractivity contribution in [2.75, 3.05) is 6.64 Å². The van der Waals surface area contributed by atoms with Gasteiger partial charge in [0.15, 0.2) is 0 Å². The van der Waals surface area contributed by atoms with Crippen LogP contribution in [0.3, 0.4) is 0 Å². The fourth-order valence-electron chi connectivity index (χ4n) is 9.18. The number of allylic oxidation sites excluding steroid dienone is 2. The number of ether oxygens (including phenoxy) is 1. The Morgan fingerprint density at radius 3 is 2.21 bits per heavy atom. The lowest BCUT2D eigenvalue weighted by atomic mass is 9.70. The fourth-order valence-corrected chi connectivity index (χ4v) is 9.18. The molecule has 1 nitrogen and oxygen atoms in total. The number of rotatable bonds is 0. The average Bonchev–Trinajstić information content (AvgIpc) is 3.28. The standard InChI is InChI=1S/C12H18O.C12H18.CH6P2/c1-5-6(2)8-3-7(5)9-4-10-12(13-10)11(8)9;1-7-8(2)12-6-11(7)9-4-3-5-10(9)12;1-3-2/h5-12H,3-4H2,1-2H3;3-4,7-12H,5-6H2,1-2H3;3H,2H2,1H3/i;;1D,3D. The summed E-state index contributed by atoms with van der Waals surface area (Å²) in [6, 6.07) is 0. The molecule has 6 fully saturated rings. The van der Waals surface area contributed by atoms with Crippen LogP contribution in [0, 0.1) is 71.0 Å². The average molecular weight is 423 g/mol. The molecule has 1 saturated heterocycles. The molecule has 7 rings (SSSR count). The SMILES string of the molecule is CC1C(C)C2CC1C1C=CCC12.CC1C(C)C2CC1C1CC3OC3C21.[2H]CP([2H])P. The van der Waals surface area contributed by atoms with Crippen molar-refractivity contribution in [2.45, 2.75) is 65.6 Å². The zero-order valence-corrected chi connectivity index (χ0v) is 20.3. The Balaban J connectivity index is 0.000000106. The van der Waals surface area contributed by atoms with E-state index in [4.69, 9.17) is 7.39 Å². The van der Waals surface area contributed by atoms with E-state index in [1.165, 1.54) is 19.3 Å². The van der Waals surface area contributed by atoms with Crippen molar-refractivity contribution in [3.05, 3.63) is 12.2 Å². The Morgan fingerprint density at radius 1 is 0.893 bits per heavy atom. The van der Waals surface area contributed by atoms with Gasteiger partial charge < -0.3 is 4.74 Å². The van der Waals surface area contributed by atoms with E-state index in [1.807, 2.05) is 0 Å². The molecule has 4 bridgehead atoms. The molecule has 0 spiro atoms. The van der Waals surface area contributed by atoms with E-state index in [9.17, 15) is 0 Å². The fraction of sp³-hybridized carbons (Fsp3) is 0.920. The summed E-state index contributed by atoms with van der Waals surface area (Å²) in [5.41, 5.74) is 0. The second kappa shape index (κ2) is 7.61. The highest BCUT2D eigenvalue weighted by Crippen LogP contribution is 2.67. The van der Waals surface area contributed by atoms with Gasteiger partial charge in [-0.05, 0) is 103 Å². The minimum absolute atomic E-state index is 0.250. The van der Waals surface area contributed by atoms with E-state index in [-0.39, 0.29) is 6.64 Å². The van der Waals surface area contributed by atoms with E-state index < -0.39 is 8.21 Å². The summed E-state index contributed by atoms with van der Waals surface area (Å²) in [6.07, 6.45) is 12.2. The van der Waals surface area contributed by atoms with Gasteiger partial charge in [-0.1, -0.05) is 39.8 Å². The van der Waals surface area contributed by atoms with Crippen LogP contribution in [-0.2, 0) is 4.74 Å². The minimum atomic E-state index is -0.765. The van der Waals surface area contributed by atoms with Gasteiger partial charge in [-0.3, -0.25) is 0 Å². The maximum atomic E-state index is 6.67. The van der Waals surface area contributed by atoms with Crippen molar-refractivity contribution in [3.8, 4) is 0 Å². The summed E-state index contributed by atoms with van der Waals surface area (Å²) in [6.45, 7) is 10.2. The van der Waals surface area contributed by atoms with Gasteiger partial charge in [0.25, 0.3) is 0 Å². The third-order valence-corrected chi connectivity index (χ3v) is 10.8. The Hall–Kier alpha value is 0.560. The molecule has 3 heteroatoms. The number of hydrogen-bond donors (Lipinski definition) is 0. The molecular weight excluding hydrogens is 378 g/mol. The third-order valence-electron chi connectivity index (χ3n) is 10.8. The molecule has 1 aliphatic heterocycles. The monoisotopic (exact) mass is 422 g/mol. The van der Waals surface area contributed by atoms with Crippen LogP contribution in [0.5, 0.6) is 0 Å². The molecule has 28 heavy (non-hydrogen) atoms. The van der Waals surface area contributed by atoms with Gasteiger partial charge >= 0.3 is 0 Å². The van der Waals surface area contributed by atoms with Gasteiger partial charge in [0.05, 0.1) is 13.5 Å². The molecule has 0 amide bonds. The molecule has 5 saturated carbocycles. The molecule has 0 radical (unpaired) electrons. The molecule has 0 N–H and O–H groups in total. The number of epoxide rings is 1. The van der Waals surface area contributed by atoms with E-state index in [2.05, 4.69) is 48.8 Å². The summed E-state index contributed by atoms with van der Waals surface area (Å²) >= 11 is 0. The lowest BCUT2D eigenvalue weighted by molar-refractivity contribution is 0.0817. The maximum Gasteiger partial charge on any atom is 0.0875 e. The van der Waals surface area contributed by atoms with Crippen molar-refractivity contribution >= 4 is 17.1 Å². The molecule has 0 aromatic rings.